The van der Waals surface area contributed by atoms with E-state index in [1.165, 1.54) is 16.7 Å². The molecule has 1 aromatic rings. The van der Waals surface area contributed by atoms with Gasteiger partial charge in [0, 0.05) is 13.0 Å². The fraction of sp³-hybridized carbons (Fsp3) is 0.350. The maximum Gasteiger partial charge on any atom is 0.108 e. The van der Waals surface area contributed by atoms with Gasteiger partial charge in [0.1, 0.15) is 8.07 Å². The van der Waals surface area contributed by atoms with E-state index in [4.69, 9.17) is 0 Å². The van der Waals surface area contributed by atoms with Gasteiger partial charge in [-0.25, -0.2) is 0 Å². The number of rotatable bonds is 4. The van der Waals surface area contributed by atoms with Crippen molar-refractivity contribution in [2.45, 2.75) is 38.7 Å². The van der Waals surface area contributed by atoms with Gasteiger partial charge in [0.05, 0.1) is 8.07 Å². The van der Waals surface area contributed by atoms with Crippen molar-refractivity contribution in [2.75, 3.05) is 6.61 Å². The van der Waals surface area contributed by atoms with Crippen LogP contribution >= 0.6 is 0 Å². The van der Waals surface area contributed by atoms with Crippen LogP contribution in [0.3, 0.4) is 0 Å². The van der Waals surface area contributed by atoms with Crippen LogP contribution in [0.5, 0.6) is 0 Å². The molecule has 119 valence electrons. The van der Waals surface area contributed by atoms with E-state index < -0.39 is 16.1 Å². The minimum Gasteiger partial charge on any atom is -0.397 e. The van der Waals surface area contributed by atoms with Gasteiger partial charge in [-0.2, -0.15) is 0 Å². The van der Waals surface area contributed by atoms with E-state index >= 15 is 0 Å². The van der Waals surface area contributed by atoms with E-state index in [1.54, 1.807) is 21.2 Å². The van der Waals surface area contributed by atoms with Crippen molar-refractivity contribution in [2.24, 2.45) is 0 Å². The lowest BCUT2D eigenvalue weighted by molar-refractivity contribution is 0.316. The zero-order valence-corrected chi connectivity index (χ0v) is 16.5. The Kier molecular flexibility index (Phi) is 3.28. The minimum atomic E-state index is -1.56. The summed E-state index contributed by atoms with van der Waals surface area (Å²) in [6.45, 7) is 10.0. The molecule has 1 N–H and O–H groups in total. The summed E-state index contributed by atoms with van der Waals surface area (Å²) in [5.74, 6) is 0. The molecule has 0 saturated heterocycles. The quantitative estimate of drug-likeness (QED) is 0.785. The Balaban J connectivity index is 1.84. The number of benzene rings is 1. The van der Waals surface area contributed by atoms with Crippen LogP contribution in [-0.4, -0.2) is 27.9 Å². The first-order chi connectivity index (χ1) is 10.9. The molecule has 1 aromatic carbocycles. The molecule has 1 aliphatic heterocycles. The molecule has 3 heteroatoms. The number of fused-ring (bicyclic) bond motifs is 2. The summed E-state index contributed by atoms with van der Waals surface area (Å²) in [5, 5.41) is 14.4. The van der Waals surface area contributed by atoms with Gasteiger partial charge >= 0.3 is 0 Å². The first-order valence-electron chi connectivity index (χ1n) is 8.62. The highest BCUT2D eigenvalue weighted by molar-refractivity contribution is 7.14. The highest BCUT2D eigenvalue weighted by Gasteiger charge is 2.52. The van der Waals surface area contributed by atoms with Crippen molar-refractivity contribution in [3.8, 4) is 0 Å². The first-order valence-corrected chi connectivity index (χ1v) is 14.8. The highest BCUT2D eigenvalue weighted by atomic mass is 28.3. The standard InChI is InChI=1S/C20H25OSi2/c1-22(2,12-11-21)17-10-6-8-15(17)16-9-5-7-14-13-18-20(19(14)16)23(18,3)4/h5-7,9-10,13,21H,8,11-12H2,1-4H3. The number of hydrogen-bond acceptors (Lipinski definition) is 1. The maximum absolute atomic E-state index is 9.47. The van der Waals surface area contributed by atoms with Crippen LogP contribution < -0.4 is 0 Å². The lowest BCUT2D eigenvalue weighted by atomic mass is 9.96. The molecule has 0 aromatic heterocycles. The van der Waals surface area contributed by atoms with E-state index in [1.807, 2.05) is 0 Å². The number of aliphatic hydroxyl groups is 1. The van der Waals surface area contributed by atoms with Crippen LogP contribution in [0.4, 0.5) is 0 Å². The Morgan fingerprint density at radius 3 is 2.74 bits per heavy atom. The fourth-order valence-corrected chi connectivity index (χ4v) is 10.2. The second-order valence-electron chi connectivity index (χ2n) is 8.18. The Morgan fingerprint density at radius 2 is 2.00 bits per heavy atom. The van der Waals surface area contributed by atoms with E-state index in [-0.39, 0.29) is 0 Å². The van der Waals surface area contributed by atoms with Gasteiger partial charge in [0.2, 0.25) is 0 Å². The summed E-state index contributed by atoms with van der Waals surface area (Å²) in [4.78, 5) is 0. The molecule has 0 unspecified atom stereocenters. The predicted molar refractivity (Wildman–Crippen MR) is 104 cm³/mol. The van der Waals surface area contributed by atoms with Crippen LogP contribution in [0.1, 0.15) is 23.1 Å². The van der Waals surface area contributed by atoms with Crippen molar-refractivity contribution < 1.29 is 5.11 Å². The van der Waals surface area contributed by atoms with Gasteiger partial charge in [0.15, 0.2) is 0 Å². The summed E-state index contributed by atoms with van der Waals surface area (Å²) in [6, 6.07) is 7.77. The van der Waals surface area contributed by atoms with Crippen molar-refractivity contribution in [3.05, 3.63) is 63.9 Å². The Hall–Kier alpha value is -1.17. The zero-order chi connectivity index (χ0) is 16.4. The molecular formula is C20H25OSi2. The normalized spacial score (nSPS) is 21.1. The van der Waals surface area contributed by atoms with E-state index in [0.29, 0.717) is 6.61 Å². The van der Waals surface area contributed by atoms with Gasteiger partial charge in [-0.1, -0.05) is 72.1 Å². The van der Waals surface area contributed by atoms with Crippen LogP contribution in [0.25, 0.3) is 10.8 Å². The molecular weight excluding hydrogens is 312 g/mol. The topological polar surface area (TPSA) is 20.2 Å². The van der Waals surface area contributed by atoms with Crippen LogP contribution in [-0.2, 0) is 0 Å². The molecule has 0 bridgehead atoms. The Bertz CT molecular complexity index is 794. The molecule has 0 saturated carbocycles. The van der Waals surface area contributed by atoms with Gasteiger partial charge in [-0.15, -0.1) is 0 Å². The number of hydrogen-bond donors (Lipinski definition) is 1. The van der Waals surface area contributed by atoms with Gasteiger partial charge in [-0.05, 0) is 34.7 Å². The summed E-state index contributed by atoms with van der Waals surface area (Å²) in [5.41, 5.74) is 5.98. The minimum absolute atomic E-state index is 0.305. The van der Waals surface area contributed by atoms with Crippen LogP contribution in [0, 0.1) is 6.42 Å². The average Bonchev–Trinajstić information content (AvgIpc) is 2.96. The lowest BCUT2D eigenvalue weighted by Crippen LogP contribution is -2.29. The average molecular weight is 338 g/mol. The molecule has 1 heterocycles. The number of allylic oxidation sites excluding steroid dienone is 5. The SMILES string of the molecule is C[Si](C)(CCO)C1=C(c2cccc3c2C2=C([CH]3)[Si]2(C)C)CC=C1. The molecule has 0 atom stereocenters. The molecule has 3 aliphatic rings. The third-order valence-corrected chi connectivity index (χ3v) is 12.5. The Morgan fingerprint density at radius 1 is 1.22 bits per heavy atom. The summed E-state index contributed by atoms with van der Waals surface area (Å²) in [7, 11) is -2.78. The molecule has 0 fully saturated rings. The van der Waals surface area contributed by atoms with E-state index in [0.717, 1.165) is 12.5 Å². The molecule has 1 nitrogen and oxygen atoms in total. The smallest absolute Gasteiger partial charge is 0.108 e. The molecule has 2 aliphatic carbocycles. The largest absolute Gasteiger partial charge is 0.397 e. The van der Waals surface area contributed by atoms with Gasteiger partial charge < -0.3 is 5.11 Å². The lowest BCUT2D eigenvalue weighted by Gasteiger charge is -2.26. The van der Waals surface area contributed by atoms with Gasteiger partial charge in [-0.3, -0.25) is 0 Å². The maximum atomic E-state index is 9.47. The summed E-state index contributed by atoms with van der Waals surface area (Å²) < 4.78 is 0. The van der Waals surface area contributed by atoms with Crippen molar-refractivity contribution in [1.82, 2.24) is 0 Å². The highest BCUT2D eigenvalue weighted by Crippen LogP contribution is 2.59. The summed E-state index contributed by atoms with van der Waals surface area (Å²) in [6.07, 6.45) is 8.16. The van der Waals surface area contributed by atoms with Crippen LogP contribution in [0.15, 0.2) is 40.7 Å². The van der Waals surface area contributed by atoms with Crippen LogP contribution in [0.2, 0.25) is 32.2 Å². The van der Waals surface area contributed by atoms with E-state index in [9.17, 15) is 5.11 Å². The molecule has 4 rings (SSSR count). The van der Waals surface area contributed by atoms with E-state index in [2.05, 4.69) is 63.0 Å². The molecule has 1 radical (unpaired) electrons. The second-order valence-corrected chi connectivity index (χ2v) is 17.3. The van der Waals surface area contributed by atoms with Crippen molar-refractivity contribution >= 4 is 26.9 Å². The monoisotopic (exact) mass is 337 g/mol. The Labute approximate surface area is 141 Å². The fourth-order valence-electron chi connectivity index (χ4n) is 4.38. The number of aliphatic hydroxyl groups excluding tert-OH is 1. The third-order valence-electron chi connectivity index (χ3n) is 5.87. The molecule has 0 amide bonds. The zero-order valence-electron chi connectivity index (χ0n) is 14.5. The van der Waals surface area contributed by atoms with Crippen molar-refractivity contribution in [1.29, 1.82) is 0 Å². The summed E-state index contributed by atoms with van der Waals surface area (Å²) >= 11 is 0. The van der Waals surface area contributed by atoms with Crippen molar-refractivity contribution in [3.63, 3.8) is 0 Å². The molecule has 0 spiro atoms. The predicted octanol–water partition coefficient (Wildman–Crippen LogP) is 4.76. The second kappa shape index (κ2) is 4.92. The first kappa shape index (κ1) is 15.4. The van der Waals surface area contributed by atoms with Gasteiger partial charge in [0.25, 0.3) is 0 Å². The third kappa shape index (κ3) is 2.13. The molecule has 23 heavy (non-hydrogen) atoms.